The Labute approximate surface area is 116 Å². The van der Waals surface area contributed by atoms with Crippen molar-refractivity contribution in [3.63, 3.8) is 0 Å². The first-order valence-electron chi connectivity index (χ1n) is 6.49. The van der Waals surface area contributed by atoms with Gasteiger partial charge < -0.3 is 11.1 Å². The molecule has 1 fully saturated rings. The normalized spacial score (nSPS) is 18.6. The maximum absolute atomic E-state index is 13.5. The van der Waals surface area contributed by atoms with Crippen LogP contribution < -0.4 is 11.1 Å². The third-order valence-corrected chi connectivity index (χ3v) is 4.47. The summed E-state index contributed by atoms with van der Waals surface area (Å²) in [5, 5.41) is 3.31. The number of halogens is 2. The first-order chi connectivity index (χ1) is 8.50. The van der Waals surface area contributed by atoms with E-state index in [1.165, 1.54) is 38.2 Å². The lowest BCUT2D eigenvalue weighted by Crippen LogP contribution is -2.29. The molecule has 100 valence electrons. The zero-order valence-electron chi connectivity index (χ0n) is 10.7. The van der Waals surface area contributed by atoms with Crippen LogP contribution in [0, 0.1) is 11.2 Å². The second-order valence-corrected chi connectivity index (χ2v) is 6.43. The molecule has 3 N–H and O–H groups in total. The molecule has 1 aromatic carbocycles. The van der Waals surface area contributed by atoms with Gasteiger partial charge in [0.1, 0.15) is 5.82 Å². The van der Waals surface area contributed by atoms with Crippen molar-refractivity contribution in [2.24, 2.45) is 5.41 Å². The highest BCUT2D eigenvalue weighted by molar-refractivity contribution is 9.10. The van der Waals surface area contributed by atoms with Gasteiger partial charge in [-0.05, 0) is 40.3 Å². The fourth-order valence-electron chi connectivity index (χ4n) is 2.61. The second kappa shape index (κ2) is 5.47. The lowest BCUT2D eigenvalue weighted by atomic mass is 9.76. The summed E-state index contributed by atoms with van der Waals surface area (Å²) in [7, 11) is 0. The van der Waals surface area contributed by atoms with Crippen LogP contribution in [0.25, 0.3) is 0 Å². The summed E-state index contributed by atoms with van der Waals surface area (Å²) in [6.45, 7) is 3.16. The summed E-state index contributed by atoms with van der Waals surface area (Å²) >= 11 is 3.14. The van der Waals surface area contributed by atoms with Crippen molar-refractivity contribution in [2.75, 3.05) is 17.6 Å². The third kappa shape index (κ3) is 3.16. The van der Waals surface area contributed by atoms with E-state index in [4.69, 9.17) is 5.73 Å². The Morgan fingerprint density at radius 2 is 2.00 bits per heavy atom. The quantitative estimate of drug-likeness (QED) is 0.803. The van der Waals surface area contributed by atoms with Gasteiger partial charge in [0, 0.05) is 12.6 Å². The van der Waals surface area contributed by atoms with Crippen LogP contribution >= 0.6 is 15.9 Å². The molecule has 0 spiro atoms. The summed E-state index contributed by atoms with van der Waals surface area (Å²) in [4.78, 5) is 0. The molecule has 0 amide bonds. The monoisotopic (exact) mass is 314 g/mol. The van der Waals surface area contributed by atoms with Crippen LogP contribution in [0.5, 0.6) is 0 Å². The average Bonchev–Trinajstić information content (AvgIpc) is 2.33. The van der Waals surface area contributed by atoms with E-state index in [9.17, 15) is 4.39 Å². The van der Waals surface area contributed by atoms with Gasteiger partial charge >= 0.3 is 0 Å². The number of anilines is 2. The zero-order chi connectivity index (χ0) is 13.2. The van der Waals surface area contributed by atoms with Gasteiger partial charge in [0.15, 0.2) is 0 Å². The first kappa shape index (κ1) is 13.7. The maximum atomic E-state index is 13.5. The number of hydrogen-bond donors (Lipinski definition) is 2. The van der Waals surface area contributed by atoms with Crippen LogP contribution in [-0.4, -0.2) is 6.54 Å². The number of rotatable bonds is 3. The molecule has 4 heteroatoms. The van der Waals surface area contributed by atoms with Gasteiger partial charge in [0.05, 0.1) is 15.8 Å². The molecule has 2 nitrogen and oxygen atoms in total. The molecule has 1 aliphatic carbocycles. The SMILES string of the molecule is CC1(CNc2cc(F)c(Br)cc2N)CCCCC1. The Bertz CT molecular complexity index is 428. The number of nitrogen functional groups attached to an aromatic ring is 1. The largest absolute Gasteiger partial charge is 0.397 e. The number of nitrogens with two attached hydrogens (primary N) is 1. The molecule has 1 aliphatic rings. The van der Waals surface area contributed by atoms with E-state index in [2.05, 4.69) is 28.2 Å². The molecule has 0 heterocycles. The van der Waals surface area contributed by atoms with Crippen molar-refractivity contribution in [3.05, 3.63) is 22.4 Å². The van der Waals surface area contributed by atoms with Gasteiger partial charge in [-0.25, -0.2) is 4.39 Å². The predicted molar refractivity (Wildman–Crippen MR) is 78.2 cm³/mol. The smallest absolute Gasteiger partial charge is 0.139 e. The van der Waals surface area contributed by atoms with E-state index in [0.29, 0.717) is 21.3 Å². The molecule has 0 unspecified atom stereocenters. The van der Waals surface area contributed by atoms with Crippen LogP contribution in [0.1, 0.15) is 39.0 Å². The van der Waals surface area contributed by atoms with Crippen molar-refractivity contribution in [2.45, 2.75) is 39.0 Å². The molecular formula is C14H20BrFN2. The van der Waals surface area contributed by atoms with E-state index in [1.54, 1.807) is 6.07 Å². The van der Waals surface area contributed by atoms with E-state index in [0.717, 1.165) is 6.54 Å². The maximum Gasteiger partial charge on any atom is 0.139 e. The summed E-state index contributed by atoms with van der Waals surface area (Å²) in [5.41, 5.74) is 7.49. The van der Waals surface area contributed by atoms with Crippen molar-refractivity contribution in [1.82, 2.24) is 0 Å². The zero-order valence-corrected chi connectivity index (χ0v) is 12.3. The summed E-state index contributed by atoms with van der Waals surface area (Å²) < 4.78 is 13.9. The Balaban J connectivity index is 2.03. The van der Waals surface area contributed by atoms with Crippen molar-refractivity contribution >= 4 is 27.3 Å². The van der Waals surface area contributed by atoms with Crippen LogP contribution in [0.2, 0.25) is 0 Å². The van der Waals surface area contributed by atoms with Crippen LogP contribution in [-0.2, 0) is 0 Å². The van der Waals surface area contributed by atoms with Crippen LogP contribution in [0.4, 0.5) is 15.8 Å². The summed E-state index contributed by atoms with van der Waals surface area (Å²) in [6.07, 6.45) is 6.40. The van der Waals surface area contributed by atoms with Crippen LogP contribution in [0.3, 0.4) is 0 Å². The Morgan fingerprint density at radius 3 is 2.67 bits per heavy atom. The number of benzene rings is 1. The highest BCUT2D eigenvalue weighted by Crippen LogP contribution is 2.36. The standard InChI is InChI=1S/C14H20BrFN2/c1-14(5-3-2-4-6-14)9-18-13-8-11(16)10(15)7-12(13)17/h7-8,18H,2-6,9,17H2,1H3. The molecular weight excluding hydrogens is 295 g/mol. The van der Waals surface area contributed by atoms with Crippen LogP contribution in [0.15, 0.2) is 16.6 Å². The molecule has 0 atom stereocenters. The minimum atomic E-state index is -0.277. The molecule has 0 saturated heterocycles. The van der Waals surface area contributed by atoms with E-state index in [1.807, 2.05) is 0 Å². The number of nitrogens with one attached hydrogen (secondary N) is 1. The molecule has 1 aromatic rings. The average molecular weight is 315 g/mol. The Kier molecular flexibility index (Phi) is 4.15. The van der Waals surface area contributed by atoms with E-state index in [-0.39, 0.29) is 5.82 Å². The summed E-state index contributed by atoms with van der Waals surface area (Å²) in [6, 6.07) is 3.08. The van der Waals surface area contributed by atoms with Crippen molar-refractivity contribution in [1.29, 1.82) is 0 Å². The highest BCUT2D eigenvalue weighted by atomic mass is 79.9. The fraction of sp³-hybridized carbons (Fsp3) is 0.571. The van der Waals surface area contributed by atoms with Gasteiger partial charge in [-0.1, -0.05) is 26.2 Å². The second-order valence-electron chi connectivity index (χ2n) is 5.58. The van der Waals surface area contributed by atoms with Crippen molar-refractivity contribution in [3.8, 4) is 0 Å². The first-order valence-corrected chi connectivity index (χ1v) is 7.28. The fourth-order valence-corrected chi connectivity index (χ4v) is 2.97. The Morgan fingerprint density at radius 1 is 1.33 bits per heavy atom. The Hall–Kier alpha value is -0.770. The number of hydrogen-bond acceptors (Lipinski definition) is 2. The predicted octanol–water partition coefficient (Wildman–Crippen LogP) is 4.55. The molecule has 0 bridgehead atoms. The lowest BCUT2D eigenvalue weighted by Gasteiger charge is -2.34. The topological polar surface area (TPSA) is 38.0 Å². The van der Waals surface area contributed by atoms with Gasteiger partial charge in [-0.2, -0.15) is 0 Å². The lowest BCUT2D eigenvalue weighted by molar-refractivity contribution is 0.233. The van der Waals surface area contributed by atoms with Gasteiger partial charge in [-0.15, -0.1) is 0 Å². The third-order valence-electron chi connectivity index (χ3n) is 3.86. The van der Waals surface area contributed by atoms with E-state index < -0.39 is 0 Å². The van der Waals surface area contributed by atoms with Gasteiger partial charge in [-0.3, -0.25) is 0 Å². The van der Waals surface area contributed by atoms with Gasteiger partial charge in [0.2, 0.25) is 0 Å². The minimum Gasteiger partial charge on any atom is -0.397 e. The van der Waals surface area contributed by atoms with Gasteiger partial charge in [0.25, 0.3) is 0 Å². The molecule has 1 saturated carbocycles. The molecule has 18 heavy (non-hydrogen) atoms. The minimum absolute atomic E-state index is 0.277. The molecule has 2 rings (SSSR count). The molecule has 0 radical (unpaired) electrons. The summed E-state index contributed by atoms with van der Waals surface area (Å²) in [5.74, 6) is -0.277. The molecule has 0 aromatic heterocycles. The molecule has 0 aliphatic heterocycles. The van der Waals surface area contributed by atoms with Crippen molar-refractivity contribution < 1.29 is 4.39 Å². The highest BCUT2D eigenvalue weighted by Gasteiger charge is 2.26. The van der Waals surface area contributed by atoms with E-state index >= 15 is 0 Å².